The predicted molar refractivity (Wildman–Crippen MR) is 108 cm³/mol. The third-order valence-electron chi connectivity index (χ3n) is 4.12. The number of carbonyl (C=O) groups is 1. The summed E-state index contributed by atoms with van der Waals surface area (Å²) < 4.78 is 1.43. The molecule has 0 radical (unpaired) electrons. The largest absolute Gasteiger partial charge is 0.335 e. The Morgan fingerprint density at radius 1 is 1.31 bits per heavy atom. The van der Waals surface area contributed by atoms with Gasteiger partial charge in [0.2, 0.25) is 11.1 Å². The number of rotatable bonds is 7. The number of nitrogens with two attached hydrogens (primary N) is 1. The minimum absolute atomic E-state index is 0.0913. The highest BCUT2D eigenvalue weighted by Gasteiger charge is 2.15. The number of amides is 1. The van der Waals surface area contributed by atoms with Crippen LogP contribution in [-0.4, -0.2) is 26.5 Å². The normalized spacial score (nSPS) is 12.1. The molecule has 2 aromatic heterocycles. The fourth-order valence-corrected chi connectivity index (χ4v) is 3.89. The molecule has 1 atom stereocenters. The first-order valence-corrected chi connectivity index (χ1v) is 10.2. The van der Waals surface area contributed by atoms with E-state index >= 15 is 0 Å². The van der Waals surface area contributed by atoms with E-state index in [4.69, 9.17) is 5.84 Å². The van der Waals surface area contributed by atoms with Crippen LogP contribution in [0.5, 0.6) is 0 Å². The fourth-order valence-electron chi connectivity index (χ4n) is 2.53. The van der Waals surface area contributed by atoms with Gasteiger partial charge in [-0.05, 0) is 35.4 Å². The van der Waals surface area contributed by atoms with Gasteiger partial charge in [0, 0.05) is 5.69 Å². The second-order valence-electron chi connectivity index (χ2n) is 5.89. The average Bonchev–Trinajstić information content (AvgIpc) is 3.29. The first-order chi connectivity index (χ1) is 12.6. The number of thioether (sulfide) groups is 1. The summed E-state index contributed by atoms with van der Waals surface area (Å²) >= 11 is 2.81. The second-order valence-corrected chi connectivity index (χ2v) is 7.78. The van der Waals surface area contributed by atoms with Crippen molar-refractivity contribution >= 4 is 34.7 Å². The van der Waals surface area contributed by atoms with Gasteiger partial charge in [-0.15, -0.1) is 21.5 Å². The van der Waals surface area contributed by atoms with Gasteiger partial charge in [-0.25, -0.2) is 4.68 Å². The minimum Gasteiger partial charge on any atom is -0.335 e. The quantitative estimate of drug-likeness (QED) is 0.473. The zero-order valence-electron chi connectivity index (χ0n) is 14.7. The van der Waals surface area contributed by atoms with Crippen LogP contribution in [0.25, 0.3) is 10.7 Å². The molecular weight excluding hydrogens is 366 g/mol. The van der Waals surface area contributed by atoms with E-state index in [0.29, 0.717) is 16.9 Å². The Balaban J connectivity index is 1.64. The number of para-hydroxylation sites is 1. The third kappa shape index (κ3) is 4.08. The van der Waals surface area contributed by atoms with Crippen molar-refractivity contribution in [1.82, 2.24) is 14.9 Å². The van der Waals surface area contributed by atoms with Gasteiger partial charge in [-0.2, -0.15) is 0 Å². The summed E-state index contributed by atoms with van der Waals surface area (Å²) in [6.07, 6.45) is 1.02. The number of thiophene rings is 1. The molecule has 0 saturated carbocycles. The molecule has 136 valence electrons. The van der Waals surface area contributed by atoms with Gasteiger partial charge < -0.3 is 11.2 Å². The van der Waals surface area contributed by atoms with Crippen LogP contribution in [0.1, 0.15) is 31.7 Å². The van der Waals surface area contributed by atoms with E-state index in [1.807, 2.05) is 35.7 Å². The topological polar surface area (TPSA) is 85.8 Å². The van der Waals surface area contributed by atoms with Gasteiger partial charge in [0.1, 0.15) is 0 Å². The standard InChI is InChI=1S/C18H21N5OS2/c1-3-12(2)13-7-4-5-8-14(13)20-16(24)11-26-18-22-21-17(23(18)19)15-9-6-10-25-15/h4-10,12H,3,11,19H2,1-2H3,(H,20,24)/t12-/m0/s1. The van der Waals surface area contributed by atoms with Crippen molar-refractivity contribution in [3.63, 3.8) is 0 Å². The Morgan fingerprint density at radius 3 is 2.85 bits per heavy atom. The van der Waals surface area contributed by atoms with Crippen molar-refractivity contribution in [2.75, 3.05) is 16.9 Å². The van der Waals surface area contributed by atoms with Crippen molar-refractivity contribution in [2.24, 2.45) is 0 Å². The van der Waals surface area contributed by atoms with Gasteiger partial charge >= 0.3 is 0 Å². The SMILES string of the molecule is CC[C@H](C)c1ccccc1NC(=O)CSc1nnc(-c2cccs2)n1N. The molecule has 1 aromatic carbocycles. The third-order valence-corrected chi connectivity index (χ3v) is 5.93. The number of nitrogens with zero attached hydrogens (tertiary/aromatic N) is 3. The van der Waals surface area contributed by atoms with Gasteiger partial charge in [-0.1, -0.05) is 49.9 Å². The van der Waals surface area contributed by atoms with E-state index in [-0.39, 0.29) is 11.7 Å². The van der Waals surface area contributed by atoms with Crippen LogP contribution < -0.4 is 11.2 Å². The number of nitrogens with one attached hydrogen (secondary N) is 1. The number of hydrogen-bond donors (Lipinski definition) is 2. The van der Waals surface area contributed by atoms with E-state index in [2.05, 4.69) is 35.4 Å². The molecule has 0 fully saturated rings. The lowest BCUT2D eigenvalue weighted by molar-refractivity contribution is -0.113. The number of aromatic nitrogens is 3. The molecule has 0 aliphatic heterocycles. The molecule has 0 unspecified atom stereocenters. The summed E-state index contributed by atoms with van der Waals surface area (Å²) in [6, 6.07) is 11.8. The molecule has 0 aliphatic carbocycles. The van der Waals surface area contributed by atoms with Crippen LogP contribution in [-0.2, 0) is 4.79 Å². The molecule has 6 nitrogen and oxygen atoms in total. The van der Waals surface area contributed by atoms with Crippen LogP contribution in [0.4, 0.5) is 5.69 Å². The molecular formula is C18H21N5OS2. The maximum Gasteiger partial charge on any atom is 0.234 e. The fraction of sp³-hybridized carbons (Fsp3) is 0.278. The monoisotopic (exact) mass is 387 g/mol. The van der Waals surface area contributed by atoms with E-state index in [1.54, 1.807) is 11.3 Å². The predicted octanol–water partition coefficient (Wildman–Crippen LogP) is 3.96. The minimum atomic E-state index is -0.0913. The Bertz CT molecular complexity index is 876. The molecule has 0 spiro atoms. The summed E-state index contributed by atoms with van der Waals surface area (Å²) in [7, 11) is 0. The molecule has 8 heteroatoms. The summed E-state index contributed by atoms with van der Waals surface area (Å²) in [5.74, 6) is 7.18. The van der Waals surface area contributed by atoms with Crippen molar-refractivity contribution in [2.45, 2.75) is 31.3 Å². The van der Waals surface area contributed by atoms with E-state index in [0.717, 1.165) is 22.5 Å². The van der Waals surface area contributed by atoms with Crippen LogP contribution in [0.15, 0.2) is 46.9 Å². The second kappa shape index (κ2) is 8.37. The van der Waals surface area contributed by atoms with E-state index in [1.165, 1.54) is 16.4 Å². The lowest BCUT2D eigenvalue weighted by atomic mass is 9.97. The van der Waals surface area contributed by atoms with Gasteiger partial charge in [0.05, 0.1) is 10.6 Å². The van der Waals surface area contributed by atoms with Crippen LogP contribution >= 0.6 is 23.1 Å². The number of benzene rings is 1. The smallest absolute Gasteiger partial charge is 0.234 e. The summed E-state index contributed by atoms with van der Waals surface area (Å²) in [6.45, 7) is 4.29. The van der Waals surface area contributed by atoms with E-state index < -0.39 is 0 Å². The molecule has 2 heterocycles. The number of hydrogen-bond acceptors (Lipinski definition) is 6. The Labute approximate surface area is 160 Å². The highest BCUT2D eigenvalue weighted by Crippen LogP contribution is 2.27. The molecule has 0 bridgehead atoms. The van der Waals surface area contributed by atoms with E-state index in [9.17, 15) is 4.79 Å². The molecule has 3 aromatic rings. The molecule has 1 amide bonds. The molecule has 3 rings (SSSR count). The van der Waals surface area contributed by atoms with Crippen LogP contribution in [0.2, 0.25) is 0 Å². The Morgan fingerprint density at radius 2 is 2.12 bits per heavy atom. The molecule has 0 aliphatic rings. The average molecular weight is 388 g/mol. The van der Waals surface area contributed by atoms with Gasteiger partial charge in [0.15, 0.2) is 5.82 Å². The van der Waals surface area contributed by atoms with Crippen molar-refractivity contribution in [3.8, 4) is 10.7 Å². The highest BCUT2D eigenvalue weighted by atomic mass is 32.2. The summed E-state index contributed by atoms with van der Waals surface area (Å²) in [5, 5.41) is 13.7. The lowest BCUT2D eigenvalue weighted by Gasteiger charge is -2.15. The summed E-state index contributed by atoms with van der Waals surface area (Å²) in [5.41, 5.74) is 2.01. The number of nitrogen functional groups attached to an aromatic ring is 1. The van der Waals surface area contributed by atoms with Crippen molar-refractivity contribution in [1.29, 1.82) is 0 Å². The first kappa shape index (κ1) is 18.5. The van der Waals surface area contributed by atoms with Crippen molar-refractivity contribution in [3.05, 3.63) is 47.3 Å². The van der Waals surface area contributed by atoms with Gasteiger partial charge in [0.25, 0.3) is 0 Å². The number of anilines is 1. The Kier molecular flexibility index (Phi) is 5.95. The molecule has 3 N–H and O–H groups in total. The molecule has 26 heavy (non-hydrogen) atoms. The maximum atomic E-state index is 12.4. The lowest BCUT2D eigenvalue weighted by Crippen LogP contribution is -2.17. The Hall–Kier alpha value is -2.32. The van der Waals surface area contributed by atoms with Crippen LogP contribution in [0.3, 0.4) is 0 Å². The summed E-state index contributed by atoms with van der Waals surface area (Å²) in [4.78, 5) is 13.3. The van der Waals surface area contributed by atoms with Crippen molar-refractivity contribution < 1.29 is 4.79 Å². The zero-order valence-corrected chi connectivity index (χ0v) is 16.3. The highest BCUT2D eigenvalue weighted by molar-refractivity contribution is 7.99. The number of carbonyl (C=O) groups excluding carboxylic acids is 1. The maximum absolute atomic E-state index is 12.4. The zero-order chi connectivity index (χ0) is 18.5. The molecule has 0 saturated heterocycles. The van der Waals surface area contributed by atoms with Gasteiger partial charge in [-0.3, -0.25) is 4.79 Å². The van der Waals surface area contributed by atoms with Crippen LogP contribution in [0, 0.1) is 0 Å². The first-order valence-electron chi connectivity index (χ1n) is 8.36.